The zero-order chi connectivity index (χ0) is 13.5. The summed E-state index contributed by atoms with van der Waals surface area (Å²) in [5.74, 6) is -0.430. The van der Waals surface area contributed by atoms with Crippen LogP contribution in [0.1, 0.15) is 30.9 Å². The summed E-state index contributed by atoms with van der Waals surface area (Å²) in [6.45, 7) is 4.56. The Morgan fingerprint density at radius 2 is 2.00 bits per heavy atom. The number of carbonyl (C=O) groups excluding carboxylic acids is 1. The second-order valence-electron chi connectivity index (χ2n) is 4.45. The molecule has 0 aliphatic carbocycles. The quantitative estimate of drug-likeness (QED) is 0.775. The van der Waals surface area contributed by atoms with Gasteiger partial charge in [-0.25, -0.2) is 0 Å². The van der Waals surface area contributed by atoms with Gasteiger partial charge >= 0.3 is 0 Å². The molecule has 0 aliphatic rings. The van der Waals surface area contributed by atoms with Crippen molar-refractivity contribution in [3.05, 3.63) is 35.4 Å². The molecule has 3 nitrogen and oxygen atoms in total. The number of nitrogens with one attached hydrogen (secondary N) is 1. The Kier molecular flexibility index (Phi) is 5.78. The number of rotatable bonds is 6. The molecule has 1 unspecified atom stereocenters. The molecule has 1 atom stereocenters. The van der Waals surface area contributed by atoms with Gasteiger partial charge < -0.3 is 11.1 Å². The molecule has 0 saturated heterocycles. The van der Waals surface area contributed by atoms with E-state index in [0.717, 1.165) is 12.0 Å². The van der Waals surface area contributed by atoms with Gasteiger partial charge in [-0.1, -0.05) is 55.4 Å². The highest BCUT2D eigenvalue weighted by atomic mass is 32.1. The first-order valence-corrected chi connectivity index (χ1v) is 6.58. The summed E-state index contributed by atoms with van der Waals surface area (Å²) >= 11 is 4.92. The lowest BCUT2D eigenvalue weighted by Gasteiger charge is -2.14. The normalized spacial score (nSPS) is 11.9. The molecule has 18 heavy (non-hydrogen) atoms. The van der Waals surface area contributed by atoms with Crippen molar-refractivity contribution in [2.75, 3.05) is 0 Å². The third-order valence-corrected chi connectivity index (χ3v) is 3.11. The average molecular weight is 264 g/mol. The second-order valence-corrected chi connectivity index (χ2v) is 4.92. The van der Waals surface area contributed by atoms with Crippen LogP contribution in [0.5, 0.6) is 0 Å². The molecule has 0 aromatic heterocycles. The largest absolute Gasteiger partial charge is 0.393 e. The van der Waals surface area contributed by atoms with Gasteiger partial charge in [0, 0.05) is 6.54 Å². The van der Waals surface area contributed by atoms with Crippen LogP contribution >= 0.6 is 12.2 Å². The average Bonchev–Trinajstić information content (AvgIpc) is 2.34. The molecule has 3 N–H and O–H groups in total. The van der Waals surface area contributed by atoms with Crippen molar-refractivity contribution in [1.82, 2.24) is 5.32 Å². The fourth-order valence-electron chi connectivity index (χ4n) is 1.71. The van der Waals surface area contributed by atoms with Gasteiger partial charge in [-0.15, -0.1) is 0 Å². The maximum absolute atomic E-state index is 11.9. The van der Waals surface area contributed by atoms with E-state index in [1.54, 1.807) is 0 Å². The Labute approximate surface area is 114 Å². The summed E-state index contributed by atoms with van der Waals surface area (Å²) < 4.78 is 0. The number of carbonyl (C=O) groups is 1. The minimum absolute atomic E-state index is 0.0788. The van der Waals surface area contributed by atoms with E-state index >= 15 is 0 Å². The first kappa shape index (κ1) is 14.6. The van der Waals surface area contributed by atoms with E-state index in [1.807, 2.05) is 38.1 Å². The van der Waals surface area contributed by atoms with Gasteiger partial charge in [0.1, 0.15) is 0 Å². The molecule has 98 valence electrons. The molecule has 0 aliphatic heterocycles. The van der Waals surface area contributed by atoms with Crippen LogP contribution in [0.25, 0.3) is 0 Å². The Morgan fingerprint density at radius 3 is 2.50 bits per heavy atom. The zero-order valence-electron chi connectivity index (χ0n) is 10.9. The van der Waals surface area contributed by atoms with Crippen LogP contribution in [-0.4, -0.2) is 10.9 Å². The van der Waals surface area contributed by atoms with Crippen molar-refractivity contribution in [3.8, 4) is 0 Å². The number of amides is 1. The standard InChI is InChI=1S/C14H20N2OS/c1-3-4-12(13(15)18)14(17)16-9-11-7-5-10(2)6-8-11/h5-8,12H,3-4,9H2,1-2H3,(H2,15,18)(H,16,17). The highest BCUT2D eigenvalue weighted by Crippen LogP contribution is 2.08. The number of aryl methyl sites for hydroxylation is 1. The summed E-state index contributed by atoms with van der Waals surface area (Å²) in [4.78, 5) is 12.2. The Bertz CT molecular complexity index is 414. The molecule has 0 saturated carbocycles. The second kappa shape index (κ2) is 7.11. The van der Waals surface area contributed by atoms with Gasteiger partial charge in [-0.3, -0.25) is 4.79 Å². The lowest BCUT2D eigenvalue weighted by Crippen LogP contribution is -2.37. The zero-order valence-corrected chi connectivity index (χ0v) is 11.7. The van der Waals surface area contributed by atoms with Gasteiger partial charge in [0.05, 0.1) is 10.9 Å². The molecule has 0 bridgehead atoms. The lowest BCUT2D eigenvalue weighted by molar-refractivity contribution is -0.123. The van der Waals surface area contributed by atoms with E-state index < -0.39 is 0 Å². The number of thiocarbonyl (C=S) groups is 1. The molecule has 0 heterocycles. The summed E-state index contributed by atoms with van der Waals surface area (Å²) in [5.41, 5.74) is 7.86. The molecule has 0 spiro atoms. The van der Waals surface area contributed by atoms with Crippen molar-refractivity contribution in [1.29, 1.82) is 0 Å². The summed E-state index contributed by atoms with van der Waals surface area (Å²) in [7, 11) is 0. The molecule has 4 heteroatoms. The van der Waals surface area contributed by atoms with Gasteiger partial charge in [-0.2, -0.15) is 0 Å². The third kappa shape index (κ3) is 4.45. The lowest BCUT2D eigenvalue weighted by atomic mass is 10.0. The fraction of sp³-hybridized carbons (Fsp3) is 0.429. The molecule has 0 radical (unpaired) electrons. The van der Waals surface area contributed by atoms with Gasteiger partial charge in [0.2, 0.25) is 5.91 Å². The first-order valence-electron chi connectivity index (χ1n) is 6.17. The highest BCUT2D eigenvalue weighted by molar-refractivity contribution is 7.80. The van der Waals surface area contributed by atoms with E-state index in [9.17, 15) is 4.79 Å². The number of benzene rings is 1. The first-order chi connectivity index (χ1) is 8.54. The molecule has 1 rings (SSSR count). The molecule has 1 aromatic carbocycles. The maximum Gasteiger partial charge on any atom is 0.230 e. The molecule has 1 aromatic rings. The monoisotopic (exact) mass is 264 g/mol. The number of hydrogen-bond acceptors (Lipinski definition) is 2. The highest BCUT2D eigenvalue weighted by Gasteiger charge is 2.19. The van der Waals surface area contributed by atoms with Gasteiger partial charge in [0.15, 0.2) is 0 Å². The molecule has 1 amide bonds. The molecular weight excluding hydrogens is 244 g/mol. The topological polar surface area (TPSA) is 55.1 Å². The number of hydrogen-bond donors (Lipinski definition) is 2. The van der Waals surface area contributed by atoms with Crippen molar-refractivity contribution < 1.29 is 4.79 Å². The van der Waals surface area contributed by atoms with Crippen molar-refractivity contribution in [3.63, 3.8) is 0 Å². The van der Waals surface area contributed by atoms with E-state index in [-0.39, 0.29) is 16.8 Å². The number of nitrogens with two attached hydrogens (primary N) is 1. The van der Waals surface area contributed by atoms with Crippen LogP contribution in [0.4, 0.5) is 0 Å². The van der Waals surface area contributed by atoms with Crippen molar-refractivity contribution in [2.24, 2.45) is 11.7 Å². The summed E-state index contributed by atoms with van der Waals surface area (Å²) in [5, 5.41) is 2.88. The van der Waals surface area contributed by atoms with E-state index in [4.69, 9.17) is 18.0 Å². The predicted octanol–water partition coefficient (Wildman–Crippen LogP) is 2.31. The predicted molar refractivity (Wildman–Crippen MR) is 78.2 cm³/mol. The van der Waals surface area contributed by atoms with Crippen LogP contribution in [0, 0.1) is 12.8 Å². The molecule has 0 fully saturated rings. The Balaban J connectivity index is 2.53. The van der Waals surface area contributed by atoms with Crippen LogP contribution in [0.2, 0.25) is 0 Å². The minimum atomic E-state index is -0.351. The minimum Gasteiger partial charge on any atom is -0.393 e. The summed E-state index contributed by atoms with van der Waals surface area (Å²) in [6, 6.07) is 8.06. The fourth-order valence-corrected chi connectivity index (χ4v) is 1.93. The van der Waals surface area contributed by atoms with Crippen molar-refractivity contribution >= 4 is 23.1 Å². The van der Waals surface area contributed by atoms with E-state index in [0.29, 0.717) is 13.0 Å². The van der Waals surface area contributed by atoms with Crippen LogP contribution in [0.15, 0.2) is 24.3 Å². The van der Waals surface area contributed by atoms with E-state index in [1.165, 1.54) is 5.56 Å². The Hall–Kier alpha value is -1.42. The SMILES string of the molecule is CCCC(C(=O)NCc1ccc(C)cc1)C(N)=S. The van der Waals surface area contributed by atoms with E-state index in [2.05, 4.69) is 5.32 Å². The van der Waals surface area contributed by atoms with Crippen molar-refractivity contribution in [2.45, 2.75) is 33.2 Å². The smallest absolute Gasteiger partial charge is 0.230 e. The van der Waals surface area contributed by atoms with Crippen LogP contribution in [0.3, 0.4) is 0 Å². The Morgan fingerprint density at radius 1 is 1.39 bits per heavy atom. The maximum atomic E-state index is 11.9. The summed E-state index contributed by atoms with van der Waals surface area (Å²) in [6.07, 6.45) is 1.59. The third-order valence-electron chi connectivity index (χ3n) is 2.82. The van der Waals surface area contributed by atoms with Gasteiger partial charge in [0.25, 0.3) is 0 Å². The van der Waals surface area contributed by atoms with Crippen LogP contribution in [-0.2, 0) is 11.3 Å². The van der Waals surface area contributed by atoms with Gasteiger partial charge in [-0.05, 0) is 18.9 Å². The van der Waals surface area contributed by atoms with Crippen LogP contribution < -0.4 is 11.1 Å². The molecular formula is C14H20N2OS.